The molecule has 3 heterocycles. The molecule has 4 rings (SSSR count). The van der Waals surface area contributed by atoms with Crippen molar-refractivity contribution >= 4 is 45.5 Å². The van der Waals surface area contributed by atoms with E-state index in [-0.39, 0.29) is 11.1 Å². The van der Waals surface area contributed by atoms with Crippen molar-refractivity contribution in [3.63, 3.8) is 0 Å². The Bertz CT molecular complexity index is 1230. The van der Waals surface area contributed by atoms with Crippen LogP contribution in [0.4, 0.5) is 5.00 Å². The number of nitrogens with one attached hydrogen (secondary N) is 1. The van der Waals surface area contributed by atoms with E-state index in [0.717, 1.165) is 21.9 Å². The number of amides is 2. The second kappa shape index (κ2) is 8.94. The van der Waals surface area contributed by atoms with Crippen LogP contribution in [0.2, 0.25) is 0 Å². The number of carbonyl (C=O) groups excluding carboxylic acids is 3. The van der Waals surface area contributed by atoms with E-state index in [2.05, 4.69) is 10.4 Å². The van der Waals surface area contributed by atoms with Crippen LogP contribution >= 0.6 is 22.7 Å². The predicted molar refractivity (Wildman–Crippen MR) is 119 cm³/mol. The Morgan fingerprint density at radius 3 is 2.52 bits per heavy atom. The van der Waals surface area contributed by atoms with Gasteiger partial charge in [0.05, 0.1) is 16.1 Å². The summed E-state index contributed by atoms with van der Waals surface area (Å²) in [5.74, 6) is -1.91. The SMILES string of the molecule is NC(=O)c1ccsc1NC(=O)COC(=O)c1cn(-c2ccccc2)nc1-c1cccs1. The Hall–Kier alpha value is -3.76. The number of benzene rings is 1. The number of hydrogen-bond acceptors (Lipinski definition) is 7. The average molecular weight is 453 g/mol. The minimum Gasteiger partial charge on any atom is -0.452 e. The van der Waals surface area contributed by atoms with Crippen molar-refractivity contribution in [2.24, 2.45) is 5.73 Å². The molecule has 0 radical (unpaired) electrons. The van der Waals surface area contributed by atoms with Gasteiger partial charge in [-0.15, -0.1) is 22.7 Å². The molecule has 31 heavy (non-hydrogen) atoms. The number of ether oxygens (including phenoxy) is 1. The van der Waals surface area contributed by atoms with Gasteiger partial charge in [0.25, 0.3) is 11.8 Å². The second-order valence-corrected chi connectivity index (χ2v) is 8.16. The summed E-state index contributed by atoms with van der Waals surface area (Å²) in [6.45, 7) is -0.519. The summed E-state index contributed by atoms with van der Waals surface area (Å²) in [5.41, 5.74) is 6.97. The van der Waals surface area contributed by atoms with Crippen LogP contribution in [0, 0.1) is 0 Å². The lowest BCUT2D eigenvalue weighted by molar-refractivity contribution is -0.119. The fraction of sp³-hybridized carbons (Fsp3) is 0.0476. The van der Waals surface area contributed by atoms with Gasteiger partial charge in [-0.05, 0) is 35.0 Å². The normalized spacial score (nSPS) is 10.6. The van der Waals surface area contributed by atoms with Crippen LogP contribution in [-0.4, -0.2) is 34.2 Å². The van der Waals surface area contributed by atoms with Crippen molar-refractivity contribution in [3.05, 3.63) is 76.6 Å². The number of esters is 1. The number of nitrogens with two attached hydrogens (primary N) is 1. The number of hydrogen-bond donors (Lipinski definition) is 2. The Labute approximate surface area is 184 Å². The summed E-state index contributed by atoms with van der Waals surface area (Å²) < 4.78 is 6.81. The lowest BCUT2D eigenvalue weighted by atomic mass is 10.2. The van der Waals surface area contributed by atoms with Gasteiger partial charge in [-0.2, -0.15) is 5.10 Å². The fourth-order valence-electron chi connectivity index (χ4n) is 2.80. The average Bonchev–Trinajstić information content (AvgIpc) is 3.52. The van der Waals surface area contributed by atoms with Crippen LogP contribution in [0.5, 0.6) is 0 Å². The lowest BCUT2D eigenvalue weighted by Crippen LogP contribution is -2.22. The van der Waals surface area contributed by atoms with Gasteiger partial charge < -0.3 is 15.8 Å². The third-order valence-electron chi connectivity index (χ3n) is 4.23. The topological polar surface area (TPSA) is 116 Å². The molecule has 3 aromatic heterocycles. The van der Waals surface area contributed by atoms with E-state index in [4.69, 9.17) is 10.5 Å². The van der Waals surface area contributed by atoms with E-state index >= 15 is 0 Å². The summed E-state index contributed by atoms with van der Waals surface area (Å²) in [6, 6.07) is 14.6. The highest BCUT2D eigenvalue weighted by atomic mass is 32.1. The maximum Gasteiger partial charge on any atom is 0.342 e. The van der Waals surface area contributed by atoms with Crippen molar-refractivity contribution in [2.75, 3.05) is 11.9 Å². The first-order valence-corrected chi connectivity index (χ1v) is 10.8. The standard InChI is InChI=1S/C21H16N4O4S2/c22-19(27)14-8-10-31-20(14)23-17(26)12-29-21(28)15-11-25(13-5-2-1-3-6-13)24-18(15)16-7-4-9-30-16/h1-11H,12H2,(H2,22,27)(H,23,26). The van der Waals surface area contributed by atoms with Crippen LogP contribution in [-0.2, 0) is 9.53 Å². The molecule has 0 unspecified atom stereocenters. The largest absolute Gasteiger partial charge is 0.452 e. The van der Waals surface area contributed by atoms with E-state index in [9.17, 15) is 14.4 Å². The van der Waals surface area contributed by atoms with Gasteiger partial charge in [0.1, 0.15) is 16.3 Å². The number of aromatic nitrogens is 2. The highest BCUT2D eigenvalue weighted by Crippen LogP contribution is 2.28. The number of para-hydroxylation sites is 1. The molecule has 0 saturated heterocycles. The molecule has 0 spiro atoms. The monoisotopic (exact) mass is 452 g/mol. The molecule has 1 aromatic carbocycles. The van der Waals surface area contributed by atoms with E-state index in [0.29, 0.717) is 10.7 Å². The lowest BCUT2D eigenvalue weighted by Gasteiger charge is -2.06. The van der Waals surface area contributed by atoms with Gasteiger partial charge in [0, 0.05) is 6.20 Å². The summed E-state index contributed by atoms with van der Waals surface area (Å²) in [7, 11) is 0. The van der Waals surface area contributed by atoms with Crippen molar-refractivity contribution in [3.8, 4) is 16.3 Å². The van der Waals surface area contributed by atoms with E-state index in [1.807, 2.05) is 47.8 Å². The Balaban J connectivity index is 1.51. The zero-order chi connectivity index (χ0) is 21.8. The molecule has 0 bridgehead atoms. The van der Waals surface area contributed by atoms with Crippen molar-refractivity contribution in [2.45, 2.75) is 0 Å². The minimum absolute atomic E-state index is 0.203. The molecule has 0 saturated carbocycles. The number of primary amides is 1. The van der Waals surface area contributed by atoms with Gasteiger partial charge in [-0.25, -0.2) is 9.48 Å². The Kier molecular flexibility index (Phi) is 5.92. The van der Waals surface area contributed by atoms with Crippen molar-refractivity contribution < 1.29 is 19.1 Å². The number of nitrogens with zero attached hydrogens (tertiary/aromatic N) is 2. The minimum atomic E-state index is -0.679. The van der Waals surface area contributed by atoms with Gasteiger partial charge in [0.15, 0.2) is 6.61 Å². The zero-order valence-corrected chi connectivity index (χ0v) is 17.6. The highest BCUT2D eigenvalue weighted by Gasteiger charge is 2.22. The van der Waals surface area contributed by atoms with Gasteiger partial charge in [-0.1, -0.05) is 24.3 Å². The molecule has 8 nitrogen and oxygen atoms in total. The summed E-state index contributed by atoms with van der Waals surface area (Å²) in [5, 5.41) is 10.9. The van der Waals surface area contributed by atoms with E-state index in [1.54, 1.807) is 16.3 Å². The third-order valence-corrected chi connectivity index (χ3v) is 5.93. The first-order valence-electron chi connectivity index (χ1n) is 9.06. The van der Waals surface area contributed by atoms with Crippen LogP contribution in [0.1, 0.15) is 20.7 Å². The predicted octanol–water partition coefficient (Wildman–Crippen LogP) is 3.56. The fourth-order valence-corrected chi connectivity index (χ4v) is 4.34. The molecular weight excluding hydrogens is 436 g/mol. The number of carbonyl (C=O) groups is 3. The highest BCUT2D eigenvalue weighted by molar-refractivity contribution is 7.14. The number of anilines is 1. The Morgan fingerprint density at radius 2 is 1.81 bits per heavy atom. The molecule has 4 aromatic rings. The number of thiophene rings is 2. The second-order valence-electron chi connectivity index (χ2n) is 6.30. The quantitative estimate of drug-likeness (QED) is 0.416. The molecule has 0 fully saturated rings. The smallest absolute Gasteiger partial charge is 0.342 e. The summed E-state index contributed by atoms with van der Waals surface area (Å²) in [4.78, 5) is 37.1. The van der Waals surface area contributed by atoms with Gasteiger partial charge >= 0.3 is 5.97 Å². The summed E-state index contributed by atoms with van der Waals surface area (Å²) >= 11 is 2.60. The molecule has 0 aliphatic rings. The molecule has 3 N–H and O–H groups in total. The maximum absolute atomic E-state index is 12.8. The van der Waals surface area contributed by atoms with Gasteiger partial charge in [0.2, 0.25) is 0 Å². The first kappa shape index (κ1) is 20.5. The molecular formula is C21H16N4O4S2. The molecule has 2 amide bonds. The maximum atomic E-state index is 12.8. The third kappa shape index (κ3) is 4.55. The molecule has 0 aliphatic carbocycles. The molecule has 10 heteroatoms. The Morgan fingerprint density at radius 1 is 1.00 bits per heavy atom. The number of rotatable bonds is 7. The van der Waals surface area contributed by atoms with Crippen molar-refractivity contribution in [1.29, 1.82) is 0 Å². The van der Waals surface area contributed by atoms with Crippen LogP contribution in [0.15, 0.2) is 65.5 Å². The van der Waals surface area contributed by atoms with Gasteiger partial charge in [-0.3, -0.25) is 9.59 Å². The molecule has 0 atom stereocenters. The van der Waals surface area contributed by atoms with Crippen LogP contribution in [0.3, 0.4) is 0 Å². The first-order chi connectivity index (χ1) is 15.0. The summed E-state index contributed by atoms with van der Waals surface area (Å²) in [6.07, 6.45) is 1.58. The van der Waals surface area contributed by atoms with Crippen LogP contribution < -0.4 is 11.1 Å². The van der Waals surface area contributed by atoms with Crippen LogP contribution in [0.25, 0.3) is 16.3 Å². The zero-order valence-electron chi connectivity index (χ0n) is 16.0. The molecule has 156 valence electrons. The van der Waals surface area contributed by atoms with E-state index in [1.165, 1.54) is 17.4 Å². The van der Waals surface area contributed by atoms with Crippen molar-refractivity contribution in [1.82, 2.24) is 9.78 Å². The molecule has 0 aliphatic heterocycles. The van der Waals surface area contributed by atoms with E-state index < -0.39 is 24.4 Å².